The quantitative estimate of drug-likeness (QED) is 0.695. The summed E-state index contributed by atoms with van der Waals surface area (Å²) in [6, 6.07) is 0. The van der Waals surface area contributed by atoms with Crippen molar-refractivity contribution in [3.05, 3.63) is 0 Å². The minimum Gasteiger partial charge on any atom is -0.305 e. The lowest BCUT2D eigenvalue weighted by Crippen LogP contribution is -2.25. The minimum atomic E-state index is -3.78. The van der Waals surface area contributed by atoms with Crippen LogP contribution in [-0.4, -0.2) is 43.8 Å². The highest BCUT2D eigenvalue weighted by Gasteiger charge is 2.05. The van der Waals surface area contributed by atoms with Gasteiger partial charge in [-0.25, -0.2) is 0 Å². The fourth-order valence-electron chi connectivity index (χ4n) is 0.765. The van der Waals surface area contributed by atoms with Gasteiger partial charge in [0.15, 0.2) is 0 Å². The third-order valence-electron chi connectivity index (χ3n) is 1.34. The van der Waals surface area contributed by atoms with Gasteiger partial charge < -0.3 is 4.90 Å². The third-order valence-corrected chi connectivity index (χ3v) is 2.03. The molecule has 1 N–H and O–H groups in total. The molecular formula is C8H21NO3S. The van der Waals surface area contributed by atoms with Crippen molar-refractivity contribution >= 4 is 10.1 Å². The Morgan fingerprint density at radius 2 is 1.69 bits per heavy atom. The highest BCUT2D eigenvalue weighted by atomic mass is 32.2. The maximum atomic E-state index is 10.3. The van der Waals surface area contributed by atoms with Crippen LogP contribution in [0.4, 0.5) is 0 Å². The van der Waals surface area contributed by atoms with Gasteiger partial charge in [-0.1, -0.05) is 20.8 Å². The Morgan fingerprint density at radius 3 is 2.00 bits per heavy atom. The highest BCUT2D eigenvalue weighted by Crippen LogP contribution is 1.88. The number of nitrogens with zero attached hydrogens (tertiary/aromatic N) is 1. The zero-order valence-electron chi connectivity index (χ0n) is 8.95. The Balaban J connectivity index is 0. The standard InChI is InChI=1S/C6H15NO3S.C2H6/c1-3-4-7(2)5-6-11(8,9)10;1-2/h3-6H2,1-2H3,(H,8,9,10);1-2H3. The Labute approximate surface area is 81.7 Å². The van der Waals surface area contributed by atoms with Crippen LogP contribution in [0.5, 0.6) is 0 Å². The zero-order valence-corrected chi connectivity index (χ0v) is 9.76. The molecule has 0 atom stereocenters. The molecule has 0 aromatic carbocycles. The van der Waals surface area contributed by atoms with Gasteiger partial charge in [-0.2, -0.15) is 8.42 Å². The molecule has 0 saturated carbocycles. The van der Waals surface area contributed by atoms with Crippen molar-refractivity contribution in [2.24, 2.45) is 0 Å². The third kappa shape index (κ3) is 14.7. The average molecular weight is 211 g/mol. The van der Waals surface area contributed by atoms with E-state index in [1.807, 2.05) is 32.7 Å². The fraction of sp³-hybridized carbons (Fsp3) is 1.00. The smallest absolute Gasteiger partial charge is 0.266 e. The van der Waals surface area contributed by atoms with Crippen molar-refractivity contribution in [3.8, 4) is 0 Å². The van der Waals surface area contributed by atoms with Crippen LogP contribution in [0.3, 0.4) is 0 Å². The molecule has 0 aliphatic heterocycles. The SMILES string of the molecule is CC.CCCN(C)CCS(=O)(=O)O. The lowest BCUT2D eigenvalue weighted by molar-refractivity contribution is 0.349. The van der Waals surface area contributed by atoms with Crippen LogP contribution < -0.4 is 0 Å². The van der Waals surface area contributed by atoms with Crippen LogP contribution in [0.1, 0.15) is 27.2 Å². The van der Waals surface area contributed by atoms with Crippen molar-refractivity contribution in [1.29, 1.82) is 0 Å². The molecule has 0 spiro atoms. The fourth-order valence-corrected chi connectivity index (χ4v) is 1.31. The first-order valence-corrected chi connectivity index (χ1v) is 6.20. The molecule has 0 aromatic rings. The molecule has 13 heavy (non-hydrogen) atoms. The number of hydrogen-bond acceptors (Lipinski definition) is 3. The van der Waals surface area contributed by atoms with Gasteiger partial charge in [-0.3, -0.25) is 4.55 Å². The Kier molecular flexibility index (Phi) is 10.00. The Hall–Kier alpha value is -0.130. The van der Waals surface area contributed by atoms with E-state index < -0.39 is 10.1 Å². The molecule has 0 radical (unpaired) electrons. The van der Waals surface area contributed by atoms with Gasteiger partial charge in [0.1, 0.15) is 0 Å². The van der Waals surface area contributed by atoms with E-state index in [-0.39, 0.29) is 5.75 Å². The topological polar surface area (TPSA) is 57.6 Å². The Morgan fingerprint density at radius 1 is 1.23 bits per heavy atom. The van der Waals surface area contributed by atoms with Gasteiger partial charge in [0, 0.05) is 6.54 Å². The molecule has 0 aliphatic rings. The molecule has 82 valence electrons. The Bertz CT molecular complexity index is 190. The summed E-state index contributed by atoms with van der Waals surface area (Å²) in [4.78, 5) is 1.87. The monoisotopic (exact) mass is 211 g/mol. The first kappa shape index (κ1) is 15.3. The molecule has 0 amide bonds. The molecular weight excluding hydrogens is 190 g/mol. The molecule has 0 aliphatic carbocycles. The van der Waals surface area contributed by atoms with Crippen molar-refractivity contribution in [2.75, 3.05) is 25.9 Å². The summed E-state index contributed by atoms with van der Waals surface area (Å²) < 4.78 is 28.9. The van der Waals surface area contributed by atoms with Gasteiger partial charge in [-0.05, 0) is 20.0 Å². The van der Waals surface area contributed by atoms with Crippen LogP contribution in [0.25, 0.3) is 0 Å². The van der Waals surface area contributed by atoms with E-state index in [0.29, 0.717) is 6.54 Å². The van der Waals surface area contributed by atoms with Crippen LogP contribution >= 0.6 is 0 Å². The summed E-state index contributed by atoms with van der Waals surface area (Å²) in [6.07, 6.45) is 0.988. The van der Waals surface area contributed by atoms with Gasteiger partial charge in [0.2, 0.25) is 0 Å². The van der Waals surface area contributed by atoms with Crippen LogP contribution in [0, 0.1) is 0 Å². The first-order chi connectivity index (χ1) is 5.95. The molecule has 0 heterocycles. The summed E-state index contributed by atoms with van der Waals surface area (Å²) in [5, 5.41) is 0. The largest absolute Gasteiger partial charge is 0.305 e. The maximum absolute atomic E-state index is 10.3. The molecule has 0 bridgehead atoms. The van der Waals surface area contributed by atoms with E-state index >= 15 is 0 Å². The van der Waals surface area contributed by atoms with Crippen molar-refractivity contribution in [3.63, 3.8) is 0 Å². The summed E-state index contributed by atoms with van der Waals surface area (Å²) in [7, 11) is -1.95. The molecule has 0 fully saturated rings. The lowest BCUT2D eigenvalue weighted by Gasteiger charge is -2.13. The predicted octanol–water partition coefficient (Wildman–Crippen LogP) is 1.24. The predicted molar refractivity (Wildman–Crippen MR) is 55.6 cm³/mol. The highest BCUT2D eigenvalue weighted by molar-refractivity contribution is 7.85. The second-order valence-electron chi connectivity index (χ2n) is 2.59. The van der Waals surface area contributed by atoms with Crippen LogP contribution in [0.2, 0.25) is 0 Å². The zero-order chi connectivity index (χ0) is 10.9. The van der Waals surface area contributed by atoms with E-state index in [9.17, 15) is 8.42 Å². The van der Waals surface area contributed by atoms with E-state index in [1.165, 1.54) is 0 Å². The van der Waals surface area contributed by atoms with Crippen molar-refractivity contribution in [1.82, 2.24) is 4.90 Å². The van der Waals surface area contributed by atoms with Gasteiger partial charge >= 0.3 is 0 Å². The van der Waals surface area contributed by atoms with Gasteiger partial charge in [0.05, 0.1) is 5.75 Å². The van der Waals surface area contributed by atoms with Crippen LogP contribution in [-0.2, 0) is 10.1 Å². The summed E-state index contributed by atoms with van der Waals surface area (Å²) in [6.45, 7) is 7.27. The van der Waals surface area contributed by atoms with E-state index in [0.717, 1.165) is 13.0 Å². The van der Waals surface area contributed by atoms with Crippen LogP contribution in [0.15, 0.2) is 0 Å². The summed E-state index contributed by atoms with van der Waals surface area (Å²) >= 11 is 0. The summed E-state index contributed by atoms with van der Waals surface area (Å²) in [5.74, 6) is -0.177. The van der Waals surface area contributed by atoms with E-state index in [4.69, 9.17) is 4.55 Å². The maximum Gasteiger partial charge on any atom is 0.266 e. The molecule has 0 saturated heterocycles. The first-order valence-electron chi connectivity index (χ1n) is 4.59. The lowest BCUT2D eigenvalue weighted by atomic mass is 10.4. The van der Waals surface area contributed by atoms with Gasteiger partial charge in [-0.15, -0.1) is 0 Å². The number of rotatable bonds is 5. The van der Waals surface area contributed by atoms with Crippen molar-refractivity contribution in [2.45, 2.75) is 27.2 Å². The van der Waals surface area contributed by atoms with E-state index in [2.05, 4.69) is 0 Å². The van der Waals surface area contributed by atoms with Crippen molar-refractivity contribution < 1.29 is 13.0 Å². The minimum absolute atomic E-state index is 0.177. The average Bonchev–Trinajstić information content (AvgIpc) is 2.04. The molecule has 0 rings (SSSR count). The normalized spacial score (nSPS) is 10.9. The molecule has 4 nitrogen and oxygen atoms in total. The molecule has 0 unspecified atom stereocenters. The summed E-state index contributed by atoms with van der Waals surface area (Å²) in [5.41, 5.74) is 0. The molecule has 0 aromatic heterocycles. The molecule has 5 heteroatoms. The van der Waals surface area contributed by atoms with E-state index in [1.54, 1.807) is 0 Å². The second kappa shape index (κ2) is 8.47. The second-order valence-corrected chi connectivity index (χ2v) is 4.16. The van der Waals surface area contributed by atoms with Gasteiger partial charge in [0.25, 0.3) is 10.1 Å². The number of hydrogen-bond donors (Lipinski definition) is 1.